The first-order valence-electron chi connectivity index (χ1n) is 10.7. The van der Waals surface area contributed by atoms with Gasteiger partial charge in [-0.15, -0.1) is 0 Å². The quantitative estimate of drug-likeness (QED) is 0.411. The highest BCUT2D eigenvalue weighted by molar-refractivity contribution is 5.35. The van der Waals surface area contributed by atoms with E-state index in [-0.39, 0.29) is 42.0 Å². The zero-order valence-corrected chi connectivity index (χ0v) is 17.7. The minimum atomic E-state index is -0.704. The average molecular weight is 454 g/mol. The molecular weight excluding hydrogens is 430 g/mol. The lowest BCUT2D eigenvalue weighted by molar-refractivity contribution is -0.384. The molecule has 4 rings (SSSR count). The molecular formula is C25H24F2N2O4. The van der Waals surface area contributed by atoms with Crippen LogP contribution in [0.15, 0.2) is 72.8 Å². The van der Waals surface area contributed by atoms with Crippen molar-refractivity contribution >= 4 is 5.69 Å². The summed E-state index contributed by atoms with van der Waals surface area (Å²) in [5.41, 5.74) is 2.51. The number of benzene rings is 3. The molecule has 0 spiro atoms. The van der Waals surface area contributed by atoms with E-state index in [2.05, 4.69) is 5.32 Å². The number of rotatable bonds is 7. The standard InChI is InChI=1S/C25H24F2N2O4/c26-19-7-3-17(4-8-19)25(18-5-9-20(27)10-6-18)24-13-23(30)22(15-33-24)28-14-16-1-11-21(12-2-16)29(31)32/h1-12,22-25,28,30H,13-15H2. The molecule has 0 saturated carbocycles. The van der Waals surface area contributed by atoms with Crippen LogP contribution in [0.4, 0.5) is 14.5 Å². The predicted octanol–water partition coefficient (Wildman–Crippen LogP) is 4.31. The average Bonchev–Trinajstić information content (AvgIpc) is 2.81. The number of hydrogen-bond donors (Lipinski definition) is 2. The third-order valence-electron chi connectivity index (χ3n) is 5.97. The van der Waals surface area contributed by atoms with Crippen LogP contribution in [0.3, 0.4) is 0 Å². The summed E-state index contributed by atoms with van der Waals surface area (Å²) in [7, 11) is 0. The number of nitro groups is 1. The highest BCUT2D eigenvalue weighted by Crippen LogP contribution is 2.35. The molecule has 8 heteroatoms. The second-order valence-electron chi connectivity index (χ2n) is 8.17. The van der Waals surface area contributed by atoms with Crippen LogP contribution in [0.25, 0.3) is 0 Å². The van der Waals surface area contributed by atoms with Gasteiger partial charge in [0.1, 0.15) is 11.6 Å². The predicted molar refractivity (Wildman–Crippen MR) is 119 cm³/mol. The lowest BCUT2D eigenvalue weighted by Gasteiger charge is -2.38. The van der Waals surface area contributed by atoms with Gasteiger partial charge in [0.2, 0.25) is 0 Å². The first-order chi connectivity index (χ1) is 15.9. The van der Waals surface area contributed by atoms with E-state index in [1.807, 2.05) is 0 Å². The molecule has 0 radical (unpaired) electrons. The van der Waals surface area contributed by atoms with E-state index in [0.717, 1.165) is 16.7 Å². The van der Waals surface area contributed by atoms with Gasteiger partial charge in [-0.3, -0.25) is 10.1 Å². The lowest BCUT2D eigenvalue weighted by atomic mass is 9.82. The van der Waals surface area contributed by atoms with Gasteiger partial charge in [-0.05, 0) is 41.0 Å². The van der Waals surface area contributed by atoms with Crippen LogP contribution in [0.2, 0.25) is 0 Å². The van der Waals surface area contributed by atoms with Gasteiger partial charge in [-0.1, -0.05) is 36.4 Å². The number of aliphatic hydroxyl groups is 1. The van der Waals surface area contributed by atoms with E-state index in [4.69, 9.17) is 4.74 Å². The number of nitrogens with one attached hydrogen (secondary N) is 1. The van der Waals surface area contributed by atoms with Crippen molar-refractivity contribution in [3.8, 4) is 0 Å². The lowest BCUT2D eigenvalue weighted by Crippen LogP contribution is -2.50. The van der Waals surface area contributed by atoms with Crippen molar-refractivity contribution < 1.29 is 23.5 Å². The second kappa shape index (κ2) is 10.2. The third-order valence-corrected chi connectivity index (χ3v) is 5.97. The Bertz CT molecular complexity index is 1030. The van der Waals surface area contributed by atoms with Crippen molar-refractivity contribution in [1.29, 1.82) is 0 Å². The summed E-state index contributed by atoms with van der Waals surface area (Å²) in [5.74, 6) is -0.995. The molecule has 1 aliphatic rings. The summed E-state index contributed by atoms with van der Waals surface area (Å²) in [6, 6.07) is 18.1. The number of aliphatic hydroxyl groups excluding tert-OH is 1. The van der Waals surface area contributed by atoms with Gasteiger partial charge in [0, 0.05) is 31.0 Å². The number of non-ortho nitro benzene ring substituents is 1. The Hall–Kier alpha value is -3.20. The molecule has 3 aromatic rings. The monoisotopic (exact) mass is 454 g/mol. The Morgan fingerprint density at radius 2 is 1.52 bits per heavy atom. The molecule has 33 heavy (non-hydrogen) atoms. The molecule has 172 valence electrons. The highest BCUT2D eigenvalue weighted by Gasteiger charge is 2.35. The zero-order valence-electron chi connectivity index (χ0n) is 17.7. The van der Waals surface area contributed by atoms with Gasteiger partial charge in [-0.2, -0.15) is 0 Å². The van der Waals surface area contributed by atoms with Crippen LogP contribution >= 0.6 is 0 Å². The zero-order chi connectivity index (χ0) is 23.4. The summed E-state index contributed by atoms with van der Waals surface area (Å²) in [6.07, 6.45) is -0.754. The minimum absolute atomic E-state index is 0.0234. The van der Waals surface area contributed by atoms with Gasteiger partial charge < -0.3 is 15.2 Å². The van der Waals surface area contributed by atoms with Crippen LogP contribution in [-0.4, -0.2) is 34.9 Å². The Labute approximate surface area is 190 Å². The molecule has 0 amide bonds. The van der Waals surface area contributed by atoms with Gasteiger partial charge in [-0.25, -0.2) is 8.78 Å². The Morgan fingerprint density at radius 3 is 2.00 bits per heavy atom. The van der Waals surface area contributed by atoms with Crippen molar-refractivity contribution in [2.24, 2.45) is 0 Å². The molecule has 0 bridgehead atoms. The second-order valence-corrected chi connectivity index (χ2v) is 8.17. The van der Waals surface area contributed by atoms with Crippen LogP contribution in [0.1, 0.15) is 29.0 Å². The van der Waals surface area contributed by atoms with Gasteiger partial charge in [0.05, 0.1) is 29.8 Å². The molecule has 0 aliphatic carbocycles. The Balaban J connectivity index is 1.44. The topological polar surface area (TPSA) is 84.6 Å². The smallest absolute Gasteiger partial charge is 0.269 e. The van der Waals surface area contributed by atoms with Crippen LogP contribution < -0.4 is 5.32 Å². The summed E-state index contributed by atoms with van der Waals surface area (Å²) in [6.45, 7) is 0.671. The number of nitrogens with zero attached hydrogens (tertiary/aromatic N) is 1. The fourth-order valence-electron chi connectivity index (χ4n) is 4.18. The maximum absolute atomic E-state index is 13.5. The van der Waals surface area contributed by atoms with E-state index in [0.29, 0.717) is 13.0 Å². The van der Waals surface area contributed by atoms with Crippen molar-refractivity contribution in [2.75, 3.05) is 6.61 Å². The molecule has 1 aliphatic heterocycles. The molecule has 1 heterocycles. The molecule has 1 fully saturated rings. The van der Waals surface area contributed by atoms with Crippen LogP contribution in [0.5, 0.6) is 0 Å². The van der Waals surface area contributed by atoms with Crippen LogP contribution in [0, 0.1) is 21.7 Å². The minimum Gasteiger partial charge on any atom is -0.391 e. The number of hydrogen-bond acceptors (Lipinski definition) is 5. The molecule has 3 aromatic carbocycles. The van der Waals surface area contributed by atoms with Gasteiger partial charge in [0.25, 0.3) is 5.69 Å². The molecule has 6 nitrogen and oxygen atoms in total. The normalized spacial score (nSPS) is 20.7. The first-order valence-corrected chi connectivity index (χ1v) is 10.7. The molecule has 3 unspecified atom stereocenters. The summed E-state index contributed by atoms with van der Waals surface area (Å²) < 4.78 is 33.1. The van der Waals surface area contributed by atoms with Crippen molar-refractivity contribution in [2.45, 2.75) is 37.1 Å². The van der Waals surface area contributed by atoms with Crippen molar-refractivity contribution in [3.63, 3.8) is 0 Å². The summed E-state index contributed by atoms with van der Waals surface area (Å²) >= 11 is 0. The molecule has 0 aromatic heterocycles. The van der Waals surface area contributed by atoms with Gasteiger partial charge in [0.15, 0.2) is 0 Å². The molecule has 1 saturated heterocycles. The number of ether oxygens (including phenoxy) is 1. The third kappa shape index (κ3) is 5.60. The largest absolute Gasteiger partial charge is 0.391 e. The highest BCUT2D eigenvalue weighted by atomic mass is 19.1. The van der Waals surface area contributed by atoms with Crippen LogP contribution in [-0.2, 0) is 11.3 Å². The SMILES string of the molecule is O=[N+]([O-])c1ccc(CNC2COC(C(c3ccc(F)cc3)c3ccc(F)cc3)CC2O)cc1. The maximum atomic E-state index is 13.5. The van der Waals surface area contributed by atoms with E-state index in [1.54, 1.807) is 36.4 Å². The fraction of sp³-hybridized carbons (Fsp3) is 0.280. The summed E-state index contributed by atoms with van der Waals surface area (Å²) in [5, 5.41) is 24.8. The van der Waals surface area contributed by atoms with E-state index < -0.39 is 11.0 Å². The van der Waals surface area contributed by atoms with Gasteiger partial charge >= 0.3 is 0 Å². The van der Waals surface area contributed by atoms with Crippen molar-refractivity contribution in [1.82, 2.24) is 5.32 Å². The molecule has 3 atom stereocenters. The molecule has 2 N–H and O–H groups in total. The maximum Gasteiger partial charge on any atom is 0.269 e. The van der Waals surface area contributed by atoms with E-state index >= 15 is 0 Å². The Morgan fingerprint density at radius 1 is 0.970 bits per heavy atom. The fourth-order valence-corrected chi connectivity index (χ4v) is 4.18. The number of halogens is 2. The van der Waals surface area contributed by atoms with E-state index in [9.17, 15) is 24.0 Å². The number of nitro benzene ring substituents is 1. The first kappa shape index (κ1) is 23.0. The Kier molecular flexibility index (Phi) is 7.08. The van der Waals surface area contributed by atoms with Crippen molar-refractivity contribution in [3.05, 3.63) is 111 Å². The summed E-state index contributed by atoms with van der Waals surface area (Å²) in [4.78, 5) is 10.3. The van der Waals surface area contributed by atoms with E-state index in [1.165, 1.54) is 36.4 Å².